The Morgan fingerprint density at radius 1 is 0.826 bits per heavy atom. The molecule has 23 heavy (non-hydrogen) atoms. The highest BCUT2D eigenvalue weighted by atomic mass is 15.2. The lowest BCUT2D eigenvalue weighted by Crippen LogP contribution is -2.32. The van der Waals surface area contributed by atoms with Crippen molar-refractivity contribution in [2.45, 2.75) is 52.0 Å². The summed E-state index contributed by atoms with van der Waals surface area (Å²) in [5, 5.41) is 8.70. The maximum atomic E-state index is 4.37. The van der Waals surface area contributed by atoms with Gasteiger partial charge in [-0.15, -0.1) is 0 Å². The Hall–Kier alpha value is -1.74. The van der Waals surface area contributed by atoms with Crippen molar-refractivity contribution in [3.8, 4) is 11.3 Å². The van der Waals surface area contributed by atoms with E-state index in [0.717, 1.165) is 17.0 Å². The first-order valence-corrected chi connectivity index (χ1v) is 8.83. The van der Waals surface area contributed by atoms with Crippen LogP contribution in [0.2, 0.25) is 0 Å². The molecule has 3 nitrogen and oxygen atoms in total. The minimum atomic E-state index is 0.421. The fourth-order valence-corrected chi connectivity index (χ4v) is 3.25. The van der Waals surface area contributed by atoms with Gasteiger partial charge in [-0.05, 0) is 56.5 Å². The summed E-state index contributed by atoms with van der Waals surface area (Å²) in [7, 11) is 0. The number of likely N-dealkylation sites (tertiary alicyclic amines) is 1. The Kier molecular flexibility index (Phi) is 5.06. The van der Waals surface area contributed by atoms with Gasteiger partial charge in [0.25, 0.3) is 0 Å². The molecule has 0 bridgehead atoms. The van der Waals surface area contributed by atoms with E-state index in [1.165, 1.54) is 37.9 Å². The summed E-state index contributed by atoms with van der Waals surface area (Å²) >= 11 is 0. The molecule has 2 aromatic rings. The normalized spacial score (nSPS) is 17.4. The van der Waals surface area contributed by atoms with Gasteiger partial charge in [-0.25, -0.2) is 0 Å². The molecule has 0 amide bonds. The first-order chi connectivity index (χ1) is 11.1. The van der Waals surface area contributed by atoms with E-state index in [2.05, 4.69) is 72.3 Å². The molecule has 1 aliphatic heterocycles. The average Bonchev–Trinajstić information content (AvgIpc) is 2.62. The molecule has 3 rings (SSSR count). The Morgan fingerprint density at radius 3 is 2.09 bits per heavy atom. The van der Waals surface area contributed by atoms with Crippen molar-refractivity contribution in [1.29, 1.82) is 0 Å². The standard InChI is InChI=1S/C20H27N3/c1-15(2)19-11-12-20(22-21-19)18-9-7-17(8-10-18)16(3)23-13-5-4-6-14-23/h7-12,15-16H,4-6,13-14H2,1-3H3/t16-/m1/s1. The van der Waals surface area contributed by atoms with Crippen molar-refractivity contribution >= 4 is 0 Å². The fraction of sp³-hybridized carbons (Fsp3) is 0.500. The molecule has 0 aliphatic carbocycles. The summed E-state index contributed by atoms with van der Waals surface area (Å²) < 4.78 is 0. The van der Waals surface area contributed by atoms with Gasteiger partial charge >= 0.3 is 0 Å². The number of hydrogen-bond donors (Lipinski definition) is 0. The third-order valence-electron chi connectivity index (χ3n) is 4.90. The highest BCUT2D eigenvalue weighted by molar-refractivity contribution is 5.59. The van der Waals surface area contributed by atoms with Gasteiger partial charge in [-0.3, -0.25) is 4.90 Å². The highest BCUT2D eigenvalue weighted by Gasteiger charge is 2.18. The molecular formula is C20H27N3. The van der Waals surface area contributed by atoms with Crippen molar-refractivity contribution in [2.24, 2.45) is 0 Å². The number of hydrogen-bond acceptors (Lipinski definition) is 3. The van der Waals surface area contributed by atoms with Gasteiger partial charge in [0.1, 0.15) is 0 Å². The maximum absolute atomic E-state index is 4.37. The van der Waals surface area contributed by atoms with Crippen LogP contribution in [-0.2, 0) is 0 Å². The number of nitrogens with zero attached hydrogens (tertiary/aromatic N) is 3. The molecule has 0 spiro atoms. The van der Waals surface area contributed by atoms with Gasteiger partial charge in [0.2, 0.25) is 0 Å². The summed E-state index contributed by atoms with van der Waals surface area (Å²) in [5.74, 6) is 0.421. The predicted molar refractivity (Wildman–Crippen MR) is 95.4 cm³/mol. The van der Waals surface area contributed by atoms with Crippen LogP contribution >= 0.6 is 0 Å². The predicted octanol–water partition coefficient (Wildman–Crippen LogP) is 4.81. The summed E-state index contributed by atoms with van der Waals surface area (Å²) in [5.41, 5.74) is 4.53. The van der Waals surface area contributed by atoms with Crippen molar-refractivity contribution < 1.29 is 0 Å². The van der Waals surface area contributed by atoms with E-state index in [1.807, 2.05) is 0 Å². The third kappa shape index (κ3) is 3.78. The maximum Gasteiger partial charge on any atom is 0.0929 e. The average molecular weight is 309 g/mol. The van der Waals surface area contributed by atoms with E-state index in [-0.39, 0.29) is 0 Å². The Labute approximate surface area is 139 Å². The Balaban J connectivity index is 1.73. The lowest BCUT2D eigenvalue weighted by molar-refractivity contribution is 0.175. The zero-order valence-electron chi connectivity index (χ0n) is 14.5. The second-order valence-electron chi connectivity index (χ2n) is 6.89. The van der Waals surface area contributed by atoms with Crippen LogP contribution in [-0.4, -0.2) is 28.2 Å². The topological polar surface area (TPSA) is 29.0 Å². The van der Waals surface area contributed by atoms with Crippen LogP contribution in [0.25, 0.3) is 11.3 Å². The van der Waals surface area contributed by atoms with E-state index in [1.54, 1.807) is 0 Å². The van der Waals surface area contributed by atoms with Gasteiger partial charge in [0.05, 0.1) is 11.4 Å². The van der Waals surface area contributed by atoms with Gasteiger partial charge in [-0.1, -0.05) is 44.5 Å². The van der Waals surface area contributed by atoms with E-state index in [4.69, 9.17) is 0 Å². The summed E-state index contributed by atoms with van der Waals surface area (Å²) in [6.07, 6.45) is 4.05. The van der Waals surface area contributed by atoms with Crippen molar-refractivity contribution in [3.63, 3.8) is 0 Å². The molecule has 1 fully saturated rings. The quantitative estimate of drug-likeness (QED) is 0.811. The summed E-state index contributed by atoms with van der Waals surface area (Å²) in [6.45, 7) is 9.05. The van der Waals surface area contributed by atoms with Crippen LogP contribution in [0.4, 0.5) is 0 Å². The highest BCUT2D eigenvalue weighted by Crippen LogP contribution is 2.26. The van der Waals surface area contributed by atoms with Crippen LogP contribution in [0.3, 0.4) is 0 Å². The van der Waals surface area contributed by atoms with E-state index in [0.29, 0.717) is 12.0 Å². The molecule has 2 heterocycles. The smallest absolute Gasteiger partial charge is 0.0929 e. The van der Waals surface area contributed by atoms with E-state index in [9.17, 15) is 0 Å². The van der Waals surface area contributed by atoms with E-state index >= 15 is 0 Å². The minimum absolute atomic E-state index is 0.421. The minimum Gasteiger partial charge on any atom is -0.297 e. The lowest BCUT2D eigenvalue weighted by Gasteiger charge is -2.32. The molecule has 0 radical (unpaired) electrons. The summed E-state index contributed by atoms with van der Waals surface area (Å²) in [6, 6.07) is 13.5. The molecule has 0 saturated carbocycles. The van der Waals surface area contributed by atoms with Crippen LogP contribution in [0.1, 0.15) is 63.3 Å². The summed E-state index contributed by atoms with van der Waals surface area (Å²) in [4.78, 5) is 2.59. The Bertz CT molecular complexity index is 610. The van der Waals surface area contributed by atoms with Gasteiger partial charge in [0, 0.05) is 11.6 Å². The lowest BCUT2D eigenvalue weighted by atomic mass is 10.0. The zero-order chi connectivity index (χ0) is 16.2. The number of benzene rings is 1. The van der Waals surface area contributed by atoms with Crippen LogP contribution in [0, 0.1) is 0 Å². The number of piperidine rings is 1. The molecule has 0 N–H and O–H groups in total. The molecule has 1 aliphatic rings. The second kappa shape index (κ2) is 7.22. The number of aromatic nitrogens is 2. The van der Waals surface area contributed by atoms with E-state index < -0.39 is 0 Å². The van der Waals surface area contributed by atoms with Crippen LogP contribution in [0.5, 0.6) is 0 Å². The van der Waals surface area contributed by atoms with Crippen LogP contribution < -0.4 is 0 Å². The first kappa shape index (κ1) is 16.1. The molecule has 1 aromatic heterocycles. The monoisotopic (exact) mass is 309 g/mol. The molecule has 0 unspecified atom stereocenters. The SMILES string of the molecule is CC(C)c1ccc(-c2ccc([C@@H](C)N3CCCCC3)cc2)nn1. The van der Waals surface area contributed by atoms with Crippen molar-refractivity contribution in [3.05, 3.63) is 47.7 Å². The molecule has 122 valence electrons. The zero-order valence-corrected chi connectivity index (χ0v) is 14.5. The first-order valence-electron chi connectivity index (χ1n) is 8.83. The molecular weight excluding hydrogens is 282 g/mol. The molecule has 1 aromatic carbocycles. The Morgan fingerprint density at radius 2 is 1.52 bits per heavy atom. The number of rotatable bonds is 4. The molecule has 1 saturated heterocycles. The van der Waals surface area contributed by atoms with Gasteiger partial charge in [0.15, 0.2) is 0 Å². The van der Waals surface area contributed by atoms with Crippen molar-refractivity contribution in [1.82, 2.24) is 15.1 Å². The van der Waals surface area contributed by atoms with Gasteiger partial charge in [-0.2, -0.15) is 10.2 Å². The molecule has 3 heteroatoms. The van der Waals surface area contributed by atoms with Crippen molar-refractivity contribution in [2.75, 3.05) is 13.1 Å². The molecule has 1 atom stereocenters. The van der Waals surface area contributed by atoms with Crippen LogP contribution in [0.15, 0.2) is 36.4 Å². The third-order valence-corrected chi connectivity index (χ3v) is 4.90. The largest absolute Gasteiger partial charge is 0.297 e. The van der Waals surface area contributed by atoms with Gasteiger partial charge < -0.3 is 0 Å². The second-order valence-corrected chi connectivity index (χ2v) is 6.89. The fourth-order valence-electron chi connectivity index (χ4n) is 3.25.